The van der Waals surface area contributed by atoms with Crippen molar-refractivity contribution in [2.45, 2.75) is 10.9 Å². The van der Waals surface area contributed by atoms with E-state index in [1.54, 1.807) is 23.9 Å². The number of halogens is 1. The van der Waals surface area contributed by atoms with Gasteiger partial charge in [0.05, 0.1) is 16.0 Å². The monoisotopic (exact) mass is 365 g/mol. The van der Waals surface area contributed by atoms with Crippen molar-refractivity contribution >= 4 is 45.5 Å². The highest BCUT2D eigenvalue weighted by molar-refractivity contribution is 8.93. The zero-order valence-electron chi connectivity index (χ0n) is 10.9. The molecule has 0 aliphatic heterocycles. The second kappa shape index (κ2) is 6.73. The molecule has 1 heterocycles. The van der Waals surface area contributed by atoms with E-state index in [1.807, 2.05) is 24.3 Å². The minimum atomic E-state index is -0.393. The molecule has 3 rings (SSSR count). The lowest BCUT2D eigenvalue weighted by atomic mass is 10.2. The molecular formula is C14H12BrN3O2S. The lowest BCUT2D eigenvalue weighted by Crippen LogP contribution is -1.88. The van der Waals surface area contributed by atoms with Gasteiger partial charge in [-0.1, -0.05) is 36.0 Å². The molecule has 1 aromatic heterocycles. The summed E-state index contributed by atoms with van der Waals surface area (Å²) in [5, 5.41) is 11.4. The number of aromatic nitrogens is 2. The number of nitro benzene ring substituents is 1. The number of non-ortho nitro benzene ring substituents is 1. The van der Waals surface area contributed by atoms with E-state index in [0.717, 1.165) is 27.5 Å². The summed E-state index contributed by atoms with van der Waals surface area (Å²) in [4.78, 5) is 17.9. The number of H-pyrrole nitrogens is 1. The molecule has 2 aromatic carbocycles. The van der Waals surface area contributed by atoms with Crippen LogP contribution in [0.4, 0.5) is 5.69 Å². The molecule has 7 heteroatoms. The van der Waals surface area contributed by atoms with Gasteiger partial charge in [-0.25, -0.2) is 4.98 Å². The molecule has 0 atom stereocenters. The summed E-state index contributed by atoms with van der Waals surface area (Å²) < 4.78 is 0. The summed E-state index contributed by atoms with van der Waals surface area (Å²) in [7, 11) is 0. The molecule has 0 unspecified atom stereocenters. The molecule has 21 heavy (non-hydrogen) atoms. The Kier molecular flexibility index (Phi) is 4.98. The number of aromatic amines is 1. The van der Waals surface area contributed by atoms with Crippen molar-refractivity contribution in [2.75, 3.05) is 0 Å². The molecule has 0 fully saturated rings. The third-order valence-electron chi connectivity index (χ3n) is 2.89. The molecule has 0 aliphatic carbocycles. The average Bonchev–Trinajstić information content (AvgIpc) is 2.88. The lowest BCUT2D eigenvalue weighted by Gasteiger charge is -1.98. The number of para-hydroxylation sites is 2. The molecule has 0 radical (unpaired) electrons. The Morgan fingerprint density at radius 1 is 1.14 bits per heavy atom. The highest BCUT2D eigenvalue weighted by Gasteiger charge is 2.06. The Bertz CT molecular complexity index is 725. The fourth-order valence-electron chi connectivity index (χ4n) is 1.86. The summed E-state index contributed by atoms with van der Waals surface area (Å²) in [6.45, 7) is 0. The summed E-state index contributed by atoms with van der Waals surface area (Å²) in [6.07, 6.45) is 0. The first-order valence-electron chi connectivity index (χ1n) is 6.03. The van der Waals surface area contributed by atoms with Gasteiger partial charge in [-0.05, 0) is 17.7 Å². The van der Waals surface area contributed by atoms with Crippen molar-refractivity contribution in [1.82, 2.24) is 9.97 Å². The fraction of sp³-hybridized carbons (Fsp3) is 0.0714. The van der Waals surface area contributed by atoms with Gasteiger partial charge < -0.3 is 4.98 Å². The first kappa shape index (κ1) is 15.5. The van der Waals surface area contributed by atoms with E-state index >= 15 is 0 Å². The number of thioether (sulfide) groups is 1. The van der Waals surface area contributed by atoms with Gasteiger partial charge >= 0.3 is 0 Å². The standard InChI is InChI=1S/C14H11N3O2S.BrH/c18-17(19)11-7-5-10(6-8-11)9-20-14-15-12-3-1-2-4-13(12)16-14;/h1-8H,9H2,(H,15,16);1H. The molecule has 0 spiro atoms. The predicted octanol–water partition coefficient (Wildman–Crippen LogP) is 4.34. The van der Waals surface area contributed by atoms with Gasteiger partial charge in [0, 0.05) is 17.9 Å². The number of rotatable bonds is 4. The van der Waals surface area contributed by atoms with Crippen LogP contribution in [-0.4, -0.2) is 14.9 Å². The van der Waals surface area contributed by atoms with E-state index in [2.05, 4.69) is 9.97 Å². The minimum absolute atomic E-state index is 0. The highest BCUT2D eigenvalue weighted by Crippen LogP contribution is 2.23. The van der Waals surface area contributed by atoms with Crippen LogP contribution in [0.15, 0.2) is 53.7 Å². The number of imidazole rings is 1. The molecule has 3 aromatic rings. The van der Waals surface area contributed by atoms with Crippen LogP contribution >= 0.6 is 28.7 Å². The molecule has 5 nitrogen and oxygen atoms in total. The molecule has 0 aliphatic rings. The second-order valence-electron chi connectivity index (χ2n) is 4.27. The Morgan fingerprint density at radius 3 is 2.52 bits per heavy atom. The maximum absolute atomic E-state index is 10.6. The van der Waals surface area contributed by atoms with E-state index in [1.165, 1.54) is 12.1 Å². The van der Waals surface area contributed by atoms with E-state index in [9.17, 15) is 10.1 Å². The van der Waals surface area contributed by atoms with Crippen molar-refractivity contribution in [3.63, 3.8) is 0 Å². The molecule has 0 bridgehead atoms. The number of fused-ring (bicyclic) bond motifs is 1. The number of nitro groups is 1. The van der Waals surface area contributed by atoms with E-state index < -0.39 is 4.92 Å². The fourth-order valence-corrected chi connectivity index (χ4v) is 2.70. The van der Waals surface area contributed by atoms with Crippen molar-refractivity contribution in [1.29, 1.82) is 0 Å². The smallest absolute Gasteiger partial charge is 0.269 e. The van der Waals surface area contributed by atoms with Crippen LogP contribution in [0.3, 0.4) is 0 Å². The maximum Gasteiger partial charge on any atom is 0.269 e. The van der Waals surface area contributed by atoms with Gasteiger partial charge in [0.15, 0.2) is 5.16 Å². The molecular weight excluding hydrogens is 354 g/mol. The molecule has 0 saturated heterocycles. The lowest BCUT2D eigenvalue weighted by molar-refractivity contribution is -0.384. The van der Waals surface area contributed by atoms with Crippen LogP contribution < -0.4 is 0 Å². The Balaban J connectivity index is 0.00000161. The number of nitrogens with zero attached hydrogens (tertiary/aromatic N) is 2. The van der Waals surface area contributed by atoms with Crippen LogP contribution in [0.25, 0.3) is 11.0 Å². The maximum atomic E-state index is 10.6. The molecule has 0 saturated carbocycles. The quantitative estimate of drug-likeness (QED) is 0.424. The average molecular weight is 366 g/mol. The number of hydrogen-bond donors (Lipinski definition) is 1. The van der Waals surface area contributed by atoms with Gasteiger partial charge in [-0.15, -0.1) is 17.0 Å². The first-order chi connectivity index (χ1) is 9.72. The first-order valence-corrected chi connectivity index (χ1v) is 7.02. The number of benzene rings is 2. The third-order valence-corrected chi connectivity index (χ3v) is 3.83. The van der Waals surface area contributed by atoms with Crippen LogP contribution in [0.1, 0.15) is 5.56 Å². The van der Waals surface area contributed by atoms with Crippen LogP contribution in [-0.2, 0) is 5.75 Å². The van der Waals surface area contributed by atoms with Crippen molar-refractivity contribution in [3.8, 4) is 0 Å². The van der Waals surface area contributed by atoms with Gasteiger partial charge in [-0.3, -0.25) is 10.1 Å². The SMILES string of the molecule is Br.O=[N+]([O-])c1ccc(CSc2nc3ccccc3[nH]2)cc1. The highest BCUT2D eigenvalue weighted by atomic mass is 79.9. The minimum Gasteiger partial charge on any atom is -0.333 e. The van der Waals surface area contributed by atoms with E-state index in [0.29, 0.717) is 0 Å². The predicted molar refractivity (Wildman–Crippen MR) is 89.1 cm³/mol. The van der Waals surface area contributed by atoms with E-state index in [4.69, 9.17) is 0 Å². The Hall–Kier alpha value is -1.86. The Labute approximate surface area is 135 Å². The topological polar surface area (TPSA) is 71.8 Å². The van der Waals surface area contributed by atoms with Crippen LogP contribution in [0, 0.1) is 10.1 Å². The van der Waals surface area contributed by atoms with Gasteiger partial charge in [0.2, 0.25) is 0 Å². The van der Waals surface area contributed by atoms with Gasteiger partial charge in [-0.2, -0.15) is 0 Å². The normalized spacial score (nSPS) is 10.3. The third kappa shape index (κ3) is 3.62. The summed E-state index contributed by atoms with van der Waals surface area (Å²) >= 11 is 1.58. The molecule has 0 amide bonds. The van der Waals surface area contributed by atoms with Crippen LogP contribution in [0.2, 0.25) is 0 Å². The van der Waals surface area contributed by atoms with Gasteiger partial charge in [0.25, 0.3) is 5.69 Å². The van der Waals surface area contributed by atoms with Gasteiger partial charge in [0.1, 0.15) is 0 Å². The summed E-state index contributed by atoms with van der Waals surface area (Å²) in [5.74, 6) is 0.720. The second-order valence-corrected chi connectivity index (χ2v) is 5.24. The van der Waals surface area contributed by atoms with Crippen LogP contribution in [0.5, 0.6) is 0 Å². The van der Waals surface area contributed by atoms with Crippen molar-refractivity contribution in [3.05, 3.63) is 64.2 Å². The van der Waals surface area contributed by atoms with Crippen molar-refractivity contribution in [2.24, 2.45) is 0 Å². The largest absolute Gasteiger partial charge is 0.333 e. The Morgan fingerprint density at radius 2 is 1.86 bits per heavy atom. The zero-order chi connectivity index (χ0) is 13.9. The number of hydrogen-bond acceptors (Lipinski definition) is 4. The molecule has 108 valence electrons. The van der Waals surface area contributed by atoms with Crippen molar-refractivity contribution < 1.29 is 4.92 Å². The summed E-state index contributed by atoms with van der Waals surface area (Å²) in [6, 6.07) is 14.4. The van der Waals surface area contributed by atoms with E-state index in [-0.39, 0.29) is 22.7 Å². The number of nitrogens with one attached hydrogen (secondary N) is 1. The molecule has 1 N–H and O–H groups in total. The summed E-state index contributed by atoms with van der Waals surface area (Å²) in [5.41, 5.74) is 3.10. The zero-order valence-corrected chi connectivity index (χ0v) is 13.4.